The lowest BCUT2D eigenvalue weighted by molar-refractivity contribution is 0.102. The van der Waals surface area contributed by atoms with Gasteiger partial charge >= 0.3 is 0 Å². The smallest absolute Gasteiger partial charge is 0.283 e. The van der Waals surface area contributed by atoms with Crippen LogP contribution >= 0.6 is 15.9 Å². The van der Waals surface area contributed by atoms with Crippen LogP contribution < -0.4 is 10.1 Å². The molecule has 0 aliphatic carbocycles. The van der Waals surface area contributed by atoms with Gasteiger partial charge in [-0.15, -0.1) is 10.2 Å². The monoisotopic (exact) mass is 439 g/mol. The van der Waals surface area contributed by atoms with Gasteiger partial charge in [0.05, 0.1) is 5.56 Å². The van der Waals surface area contributed by atoms with Crippen LogP contribution in [0.5, 0.6) is 5.75 Å². The van der Waals surface area contributed by atoms with Crippen LogP contribution in [-0.4, -0.2) is 16.1 Å². The van der Waals surface area contributed by atoms with Gasteiger partial charge in [-0.25, -0.2) is 0 Å². The van der Waals surface area contributed by atoms with Gasteiger partial charge in [0.1, 0.15) is 5.75 Å². The standard InChI is InChI=1S/C20H14BrN3O4/c21-17-11-10-16(27-17)20-24-23-18(28-20)12-26-15-9-5-4-8-14(15)19(25)22-13-6-2-1-3-7-13/h1-11H,12H2,(H,22,25). The molecule has 0 saturated carbocycles. The second kappa shape index (κ2) is 8.10. The summed E-state index contributed by atoms with van der Waals surface area (Å²) in [7, 11) is 0. The van der Waals surface area contributed by atoms with Crippen molar-refractivity contribution in [3.8, 4) is 17.4 Å². The molecular formula is C20H14BrN3O4. The van der Waals surface area contributed by atoms with Crippen LogP contribution in [0.3, 0.4) is 0 Å². The number of benzene rings is 2. The average molecular weight is 440 g/mol. The number of nitrogens with one attached hydrogen (secondary N) is 1. The normalized spacial score (nSPS) is 10.6. The van der Waals surface area contributed by atoms with Crippen molar-refractivity contribution in [3.05, 3.63) is 82.9 Å². The predicted molar refractivity (Wildman–Crippen MR) is 105 cm³/mol. The minimum atomic E-state index is -0.270. The number of para-hydroxylation sites is 2. The van der Waals surface area contributed by atoms with Crippen molar-refractivity contribution in [2.75, 3.05) is 5.32 Å². The van der Waals surface area contributed by atoms with Gasteiger partial charge in [-0.3, -0.25) is 4.79 Å². The molecule has 2 aromatic heterocycles. The van der Waals surface area contributed by atoms with E-state index in [1.54, 1.807) is 36.4 Å². The van der Waals surface area contributed by atoms with E-state index in [4.69, 9.17) is 13.6 Å². The SMILES string of the molecule is O=C(Nc1ccccc1)c1ccccc1OCc1nnc(-c2ccc(Br)o2)o1. The minimum Gasteiger partial charge on any atom is -0.483 e. The largest absolute Gasteiger partial charge is 0.483 e. The van der Waals surface area contributed by atoms with Gasteiger partial charge < -0.3 is 18.9 Å². The van der Waals surface area contributed by atoms with Crippen molar-refractivity contribution in [1.82, 2.24) is 10.2 Å². The summed E-state index contributed by atoms with van der Waals surface area (Å²) < 4.78 is 17.2. The van der Waals surface area contributed by atoms with Crippen LogP contribution in [0.25, 0.3) is 11.7 Å². The Morgan fingerprint density at radius 2 is 1.75 bits per heavy atom. The summed E-state index contributed by atoms with van der Waals surface area (Å²) in [6.07, 6.45) is 0. The number of hydrogen-bond donors (Lipinski definition) is 1. The van der Waals surface area contributed by atoms with E-state index < -0.39 is 0 Å². The number of aromatic nitrogens is 2. The summed E-state index contributed by atoms with van der Waals surface area (Å²) in [6, 6.07) is 19.6. The number of ether oxygens (including phenoxy) is 1. The Labute approximate surface area is 168 Å². The van der Waals surface area contributed by atoms with Crippen LogP contribution in [0.15, 0.2) is 80.2 Å². The Balaban J connectivity index is 1.46. The first-order valence-electron chi connectivity index (χ1n) is 8.35. The number of hydrogen-bond acceptors (Lipinski definition) is 6. The summed E-state index contributed by atoms with van der Waals surface area (Å²) in [5, 5.41) is 10.7. The van der Waals surface area contributed by atoms with Gasteiger partial charge in [0.25, 0.3) is 17.7 Å². The van der Waals surface area contributed by atoms with E-state index in [1.807, 2.05) is 30.3 Å². The maximum atomic E-state index is 12.6. The fourth-order valence-corrected chi connectivity index (χ4v) is 2.79. The van der Waals surface area contributed by atoms with Gasteiger partial charge in [0, 0.05) is 5.69 Å². The first kappa shape index (κ1) is 18.0. The lowest BCUT2D eigenvalue weighted by Crippen LogP contribution is -2.13. The highest BCUT2D eigenvalue weighted by Gasteiger charge is 2.15. The maximum absolute atomic E-state index is 12.6. The van der Waals surface area contributed by atoms with Crippen molar-refractivity contribution in [2.45, 2.75) is 6.61 Å². The zero-order valence-corrected chi connectivity index (χ0v) is 16.0. The summed E-state index contributed by atoms with van der Waals surface area (Å²) in [6.45, 7) is 0.0184. The molecule has 2 aromatic carbocycles. The van der Waals surface area contributed by atoms with Crippen LogP contribution in [0.2, 0.25) is 0 Å². The van der Waals surface area contributed by atoms with Crippen LogP contribution in [0.1, 0.15) is 16.2 Å². The van der Waals surface area contributed by atoms with Crippen molar-refractivity contribution < 1.29 is 18.4 Å². The fourth-order valence-electron chi connectivity index (χ4n) is 2.48. The summed E-state index contributed by atoms with van der Waals surface area (Å²) in [5.74, 6) is 1.11. The quantitative estimate of drug-likeness (QED) is 0.458. The summed E-state index contributed by atoms with van der Waals surface area (Å²) >= 11 is 3.22. The van der Waals surface area contributed by atoms with E-state index >= 15 is 0 Å². The Kier molecular flexibility index (Phi) is 5.20. The molecule has 0 atom stereocenters. The molecule has 0 aliphatic rings. The highest BCUT2D eigenvalue weighted by molar-refractivity contribution is 9.10. The second-order valence-electron chi connectivity index (χ2n) is 5.71. The van der Waals surface area contributed by atoms with Crippen LogP contribution in [-0.2, 0) is 6.61 Å². The average Bonchev–Trinajstić information content (AvgIpc) is 3.36. The Hall–Kier alpha value is -3.39. The number of amides is 1. The van der Waals surface area contributed by atoms with E-state index in [1.165, 1.54) is 0 Å². The zero-order valence-electron chi connectivity index (χ0n) is 14.5. The number of rotatable bonds is 6. The molecule has 140 valence electrons. The van der Waals surface area contributed by atoms with Gasteiger partial charge in [0.2, 0.25) is 0 Å². The molecule has 1 N–H and O–H groups in total. The maximum Gasteiger partial charge on any atom is 0.283 e. The molecule has 8 heteroatoms. The van der Waals surface area contributed by atoms with Gasteiger partial charge in [-0.2, -0.15) is 0 Å². The number of furan rings is 1. The highest BCUT2D eigenvalue weighted by atomic mass is 79.9. The molecule has 28 heavy (non-hydrogen) atoms. The molecule has 0 aliphatic heterocycles. The molecule has 0 bridgehead atoms. The molecule has 0 radical (unpaired) electrons. The Morgan fingerprint density at radius 1 is 0.964 bits per heavy atom. The minimum absolute atomic E-state index is 0.0184. The van der Waals surface area contributed by atoms with E-state index in [0.717, 1.165) is 0 Å². The van der Waals surface area contributed by atoms with Crippen LogP contribution in [0, 0.1) is 0 Å². The highest BCUT2D eigenvalue weighted by Crippen LogP contribution is 2.25. The number of carbonyl (C=O) groups is 1. The van der Waals surface area contributed by atoms with Gasteiger partial charge in [0.15, 0.2) is 17.0 Å². The molecule has 4 aromatic rings. The zero-order chi connectivity index (χ0) is 19.3. The molecule has 2 heterocycles. The first-order chi connectivity index (χ1) is 13.7. The molecule has 1 amide bonds. The second-order valence-corrected chi connectivity index (χ2v) is 6.49. The van der Waals surface area contributed by atoms with E-state index in [2.05, 4.69) is 31.4 Å². The molecule has 0 spiro atoms. The van der Waals surface area contributed by atoms with E-state index in [9.17, 15) is 4.79 Å². The number of anilines is 1. The van der Waals surface area contributed by atoms with Crippen molar-refractivity contribution in [1.29, 1.82) is 0 Å². The van der Waals surface area contributed by atoms with Crippen LogP contribution in [0.4, 0.5) is 5.69 Å². The predicted octanol–water partition coefficient (Wildman–Crippen LogP) is 4.92. The third kappa shape index (κ3) is 4.12. The van der Waals surface area contributed by atoms with Gasteiger partial charge in [-0.05, 0) is 52.3 Å². The van der Waals surface area contributed by atoms with Crippen molar-refractivity contribution in [3.63, 3.8) is 0 Å². The Bertz CT molecular complexity index is 1090. The van der Waals surface area contributed by atoms with E-state index in [0.29, 0.717) is 27.4 Å². The molecule has 0 unspecified atom stereocenters. The number of nitrogens with zero attached hydrogens (tertiary/aromatic N) is 2. The molecular weight excluding hydrogens is 426 g/mol. The Morgan fingerprint density at radius 3 is 2.54 bits per heavy atom. The topological polar surface area (TPSA) is 90.4 Å². The molecule has 0 saturated heterocycles. The van der Waals surface area contributed by atoms with E-state index in [-0.39, 0.29) is 24.3 Å². The molecule has 7 nitrogen and oxygen atoms in total. The number of halogens is 1. The lowest BCUT2D eigenvalue weighted by Gasteiger charge is -2.10. The van der Waals surface area contributed by atoms with Crippen molar-refractivity contribution >= 4 is 27.5 Å². The number of carbonyl (C=O) groups excluding carboxylic acids is 1. The van der Waals surface area contributed by atoms with Crippen molar-refractivity contribution in [2.24, 2.45) is 0 Å². The summed E-state index contributed by atoms with van der Waals surface area (Å²) in [5.41, 5.74) is 1.11. The lowest BCUT2D eigenvalue weighted by atomic mass is 10.2. The molecule has 0 fully saturated rings. The fraction of sp³-hybridized carbons (Fsp3) is 0.0500. The third-order valence-electron chi connectivity index (χ3n) is 3.77. The van der Waals surface area contributed by atoms with Gasteiger partial charge in [-0.1, -0.05) is 30.3 Å². The third-order valence-corrected chi connectivity index (χ3v) is 4.19. The molecule has 4 rings (SSSR count). The summed E-state index contributed by atoms with van der Waals surface area (Å²) in [4.78, 5) is 12.6. The first-order valence-corrected chi connectivity index (χ1v) is 9.14.